The van der Waals surface area contributed by atoms with Crippen molar-refractivity contribution in [3.05, 3.63) is 66.4 Å². The van der Waals surface area contributed by atoms with Crippen LogP contribution >= 0.6 is 0 Å². The average molecular weight is 326 g/mol. The lowest BCUT2D eigenvalue weighted by Crippen LogP contribution is -2.15. The van der Waals surface area contributed by atoms with Crippen LogP contribution in [0.2, 0.25) is 0 Å². The number of hydrogen-bond donors (Lipinski definition) is 1. The third-order valence-electron chi connectivity index (χ3n) is 3.72. The molecule has 118 valence electrons. The minimum absolute atomic E-state index is 0.176. The van der Waals surface area contributed by atoms with Gasteiger partial charge in [0.05, 0.1) is 16.1 Å². The maximum absolute atomic E-state index is 12.7. The van der Waals surface area contributed by atoms with E-state index in [1.807, 2.05) is 38.1 Å². The molecule has 1 N–H and O–H groups in total. The number of hydrogen-bond acceptors (Lipinski definition) is 3. The van der Waals surface area contributed by atoms with Crippen LogP contribution in [0.25, 0.3) is 10.9 Å². The van der Waals surface area contributed by atoms with Gasteiger partial charge in [-0.2, -0.15) is 0 Å². The van der Waals surface area contributed by atoms with Crippen LogP contribution in [-0.2, 0) is 10.0 Å². The molecule has 0 aliphatic carbocycles. The summed E-state index contributed by atoms with van der Waals surface area (Å²) in [6, 6.07) is 16.1. The smallest absolute Gasteiger partial charge is 0.261 e. The molecular formula is C18H18N2O2S. The van der Waals surface area contributed by atoms with Crippen molar-refractivity contribution < 1.29 is 8.42 Å². The molecule has 0 aliphatic rings. The predicted molar refractivity (Wildman–Crippen MR) is 93.1 cm³/mol. The molecular weight excluding hydrogens is 308 g/mol. The number of benzene rings is 2. The summed E-state index contributed by atoms with van der Waals surface area (Å²) in [4.78, 5) is 4.61. The Kier molecular flexibility index (Phi) is 4.05. The maximum Gasteiger partial charge on any atom is 0.261 e. The van der Waals surface area contributed by atoms with Crippen LogP contribution in [0.1, 0.15) is 25.3 Å². The molecule has 0 radical (unpaired) electrons. The van der Waals surface area contributed by atoms with Crippen LogP contribution in [0.3, 0.4) is 0 Å². The second-order valence-electron chi connectivity index (χ2n) is 5.68. The quantitative estimate of drug-likeness (QED) is 0.783. The summed E-state index contributed by atoms with van der Waals surface area (Å²) in [7, 11) is -3.65. The molecule has 1 heterocycles. The molecule has 1 aromatic heterocycles. The van der Waals surface area contributed by atoms with Crippen LogP contribution in [0.5, 0.6) is 0 Å². The van der Waals surface area contributed by atoms with Crippen molar-refractivity contribution in [2.45, 2.75) is 24.7 Å². The Bertz CT molecular complexity index is 936. The number of aromatic nitrogens is 1. The summed E-state index contributed by atoms with van der Waals surface area (Å²) in [6.45, 7) is 4.06. The molecule has 0 aliphatic heterocycles. The fourth-order valence-electron chi connectivity index (χ4n) is 2.54. The van der Waals surface area contributed by atoms with Crippen molar-refractivity contribution in [1.82, 2.24) is 4.98 Å². The number of rotatable bonds is 4. The summed E-state index contributed by atoms with van der Waals surface area (Å²) in [5, 5.41) is 0.905. The zero-order valence-corrected chi connectivity index (χ0v) is 13.8. The monoisotopic (exact) mass is 326 g/mol. The molecule has 3 aromatic rings. The summed E-state index contributed by atoms with van der Waals surface area (Å²) in [5.74, 6) is 0.176. The number of nitrogens with one attached hydrogen (secondary N) is 1. The number of pyridine rings is 1. The van der Waals surface area contributed by atoms with Gasteiger partial charge in [0.25, 0.3) is 10.0 Å². The lowest BCUT2D eigenvalue weighted by molar-refractivity contribution is 0.601. The molecule has 0 amide bonds. The van der Waals surface area contributed by atoms with E-state index in [0.717, 1.165) is 10.9 Å². The van der Waals surface area contributed by atoms with Gasteiger partial charge in [-0.3, -0.25) is 9.71 Å². The summed E-state index contributed by atoms with van der Waals surface area (Å²) >= 11 is 0. The first-order valence-electron chi connectivity index (χ1n) is 7.44. The first-order chi connectivity index (χ1) is 11.0. The Balaban J connectivity index is 2.17. The number of anilines is 1. The third-order valence-corrected chi connectivity index (χ3v) is 5.08. The molecule has 2 aromatic carbocycles. The fourth-order valence-corrected chi connectivity index (χ4v) is 3.66. The van der Waals surface area contributed by atoms with E-state index in [1.54, 1.807) is 36.5 Å². The van der Waals surface area contributed by atoms with Crippen LogP contribution in [0, 0.1) is 0 Å². The second-order valence-corrected chi connectivity index (χ2v) is 7.36. The van der Waals surface area contributed by atoms with E-state index in [0.29, 0.717) is 11.2 Å². The van der Waals surface area contributed by atoms with E-state index in [-0.39, 0.29) is 10.8 Å². The molecule has 0 bridgehead atoms. The Morgan fingerprint density at radius 3 is 2.39 bits per heavy atom. The lowest BCUT2D eigenvalue weighted by atomic mass is 9.99. The molecule has 0 saturated carbocycles. The van der Waals surface area contributed by atoms with E-state index in [9.17, 15) is 8.42 Å². The lowest BCUT2D eigenvalue weighted by Gasteiger charge is -2.17. The van der Waals surface area contributed by atoms with Gasteiger partial charge < -0.3 is 0 Å². The first-order valence-corrected chi connectivity index (χ1v) is 8.93. The molecule has 0 fully saturated rings. The highest BCUT2D eigenvalue weighted by Gasteiger charge is 2.19. The van der Waals surface area contributed by atoms with Gasteiger partial charge in [0.2, 0.25) is 0 Å². The van der Waals surface area contributed by atoms with Crippen molar-refractivity contribution >= 4 is 26.6 Å². The van der Waals surface area contributed by atoms with Gasteiger partial charge in [-0.1, -0.05) is 50.2 Å². The van der Waals surface area contributed by atoms with Crippen LogP contribution in [-0.4, -0.2) is 13.4 Å². The predicted octanol–water partition coefficient (Wildman–Crippen LogP) is 4.16. The second kappa shape index (κ2) is 6.01. The standard InChI is InChI=1S/C18H18N2O2S/c1-13(2)16-11-10-14-7-6-12-19-17(14)18(16)20-23(21,22)15-8-4-3-5-9-15/h3-13,20H,1-2H3. The highest BCUT2D eigenvalue weighted by Crippen LogP contribution is 2.32. The van der Waals surface area contributed by atoms with Gasteiger partial charge in [0.15, 0.2) is 0 Å². The summed E-state index contributed by atoms with van der Waals surface area (Å²) in [5.41, 5.74) is 2.15. The topological polar surface area (TPSA) is 59.1 Å². The minimum Gasteiger partial charge on any atom is -0.277 e. The van der Waals surface area contributed by atoms with Gasteiger partial charge in [0, 0.05) is 11.6 Å². The molecule has 5 heteroatoms. The van der Waals surface area contributed by atoms with Crippen molar-refractivity contribution in [2.24, 2.45) is 0 Å². The number of fused-ring (bicyclic) bond motifs is 1. The first kappa shape index (κ1) is 15.5. The van der Waals surface area contributed by atoms with E-state index >= 15 is 0 Å². The van der Waals surface area contributed by atoms with Gasteiger partial charge in [0.1, 0.15) is 0 Å². The third kappa shape index (κ3) is 3.05. The Hall–Kier alpha value is -2.40. The number of nitrogens with zero attached hydrogens (tertiary/aromatic N) is 1. The van der Waals surface area contributed by atoms with Gasteiger partial charge in [-0.15, -0.1) is 0 Å². The Labute approximate surface area is 136 Å². The molecule has 0 saturated heterocycles. The highest BCUT2D eigenvalue weighted by molar-refractivity contribution is 7.92. The van der Waals surface area contributed by atoms with E-state index < -0.39 is 10.0 Å². The van der Waals surface area contributed by atoms with Crippen molar-refractivity contribution in [1.29, 1.82) is 0 Å². The number of sulfonamides is 1. The molecule has 0 atom stereocenters. The summed E-state index contributed by atoms with van der Waals surface area (Å²) in [6.07, 6.45) is 1.67. The largest absolute Gasteiger partial charge is 0.277 e. The average Bonchev–Trinajstić information content (AvgIpc) is 2.55. The van der Waals surface area contributed by atoms with Crippen molar-refractivity contribution in [3.63, 3.8) is 0 Å². The van der Waals surface area contributed by atoms with Crippen molar-refractivity contribution in [2.75, 3.05) is 4.72 Å². The van der Waals surface area contributed by atoms with Gasteiger partial charge in [-0.25, -0.2) is 8.42 Å². The zero-order chi connectivity index (χ0) is 16.4. The van der Waals surface area contributed by atoms with E-state index in [1.165, 1.54) is 0 Å². The Morgan fingerprint density at radius 2 is 1.70 bits per heavy atom. The maximum atomic E-state index is 12.7. The minimum atomic E-state index is -3.65. The fraction of sp³-hybridized carbons (Fsp3) is 0.167. The normalized spacial score (nSPS) is 11.8. The molecule has 23 heavy (non-hydrogen) atoms. The van der Waals surface area contributed by atoms with E-state index in [2.05, 4.69) is 9.71 Å². The summed E-state index contributed by atoms with van der Waals surface area (Å²) < 4.78 is 28.1. The van der Waals surface area contributed by atoms with Crippen LogP contribution < -0.4 is 4.72 Å². The van der Waals surface area contributed by atoms with Gasteiger partial charge in [-0.05, 0) is 29.7 Å². The van der Waals surface area contributed by atoms with E-state index in [4.69, 9.17) is 0 Å². The Morgan fingerprint density at radius 1 is 0.957 bits per heavy atom. The highest BCUT2D eigenvalue weighted by atomic mass is 32.2. The van der Waals surface area contributed by atoms with Crippen molar-refractivity contribution in [3.8, 4) is 0 Å². The molecule has 4 nitrogen and oxygen atoms in total. The SMILES string of the molecule is CC(C)c1ccc2cccnc2c1NS(=O)(=O)c1ccccc1. The van der Waals surface area contributed by atoms with Gasteiger partial charge >= 0.3 is 0 Å². The zero-order valence-electron chi connectivity index (χ0n) is 13.0. The molecule has 0 unspecified atom stereocenters. The van der Waals surface area contributed by atoms with Crippen LogP contribution in [0.4, 0.5) is 5.69 Å². The molecule has 3 rings (SSSR count). The van der Waals surface area contributed by atoms with Crippen LogP contribution in [0.15, 0.2) is 65.7 Å². The molecule has 0 spiro atoms.